The van der Waals surface area contributed by atoms with Gasteiger partial charge in [-0.25, -0.2) is 0 Å². The fourth-order valence-electron chi connectivity index (χ4n) is 3.46. The third kappa shape index (κ3) is 3.53. The van der Waals surface area contributed by atoms with Gasteiger partial charge in [-0.3, -0.25) is 9.59 Å². The molecule has 2 heterocycles. The maximum Gasteiger partial charge on any atom is 0.223 e. The lowest BCUT2D eigenvalue weighted by molar-refractivity contribution is -0.133. The van der Waals surface area contributed by atoms with Gasteiger partial charge in [-0.05, 0) is 29.1 Å². The molecule has 1 aromatic heterocycles. The highest BCUT2D eigenvalue weighted by molar-refractivity contribution is 7.17. The van der Waals surface area contributed by atoms with E-state index in [-0.39, 0.29) is 31.1 Å². The number of phenolic OH excluding ortho intramolecular Hbond substituents is 1. The zero-order valence-electron chi connectivity index (χ0n) is 15.2. The molecule has 0 atom stereocenters. The Morgan fingerprint density at radius 2 is 2.04 bits per heavy atom. The molecule has 0 saturated carbocycles. The van der Waals surface area contributed by atoms with E-state index >= 15 is 0 Å². The maximum absolute atomic E-state index is 12.4. The Morgan fingerprint density at radius 3 is 2.86 bits per heavy atom. The Labute approximate surface area is 166 Å². The standard InChI is InChI=1S/C21H20N2O4S/c22-19(25)5-6-20(26)23-7-8-27-21-14(11-23)9-13(10-17(21)24)16-12-28-18-4-2-1-3-15(16)18/h1-4,9-10,12,24H,5-8,11H2,(H2,22,25). The molecule has 1 aliphatic heterocycles. The highest BCUT2D eigenvalue weighted by atomic mass is 32.1. The van der Waals surface area contributed by atoms with Gasteiger partial charge >= 0.3 is 0 Å². The first kappa shape index (κ1) is 18.3. The van der Waals surface area contributed by atoms with Crippen LogP contribution in [0.2, 0.25) is 0 Å². The number of rotatable bonds is 4. The number of thiophene rings is 1. The topological polar surface area (TPSA) is 92.9 Å². The summed E-state index contributed by atoms with van der Waals surface area (Å²) in [4.78, 5) is 25.1. The van der Waals surface area contributed by atoms with Crippen LogP contribution >= 0.6 is 11.3 Å². The fraction of sp³-hybridized carbons (Fsp3) is 0.238. The van der Waals surface area contributed by atoms with Crippen molar-refractivity contribution in [2.75, 3.05) is 13.2 Å². The summed E-state index contributed by atoms with van der Waals surface area (Å²) in [6.07, 6.45) is 0.0980. The monoisotopic (exact) mass is 396 g/mol. The van der Waals surface area contributed by atoms with Gasteiger partial charge in [0.05, 0.1) is 6.54 Å². The van der Waals surface area contributed by atoms with Crippen molar-refractivity contribution in [3.8, 4) is 22.6 Å². The van der Waals surface area contributed by atoms with E-state index in [2.05, 4.69) is 17.5 Å². The summed E-state index contributed by atoms with van der Waals surface area (Å²) in [6, 6.07) is 11.8. The van der Waals surface area contributed by atoms with Gasteiger partial charge in [0.2, 0.25) is 11.8 Å². The second-order valence-electron chi connectivity index (χ2n) is 6.76. The average Bonchev–Trinajstić information content (AvgIpc) is 2.98. The number of phenols is 1. The third-order valence-corrected chi connectivity index (χ3v) is 5.81. The summed E-state index contributed by atoms with van der Waals surface area (Å²) in [5, 5.41) is 13.7. The molecule has 28 heavy (non-hydrogen) atoms. The van der Waals surface area contributed by atoms with E-state index in [0.717, 1.165) is 22.1 Å². The number of primary amides is 1. The number of benzene rings is 2. The smallest absolute Gasteiger partial charge is 0.223 e. The van der Waals surface area contributed by atoms with Crippen LogP contribution in [0.4, 0.5) is 0 Å². The van der Waals surface area contributed by atoms with E-state index < -0.39 is 5.91 Å². The number of nitrogens with zero attached hydrogens (tertiary/aromatic N) is 1. The summed E-state index contributed by atoms with van der Waals surface area (Å²) >= 11 is 1.65. The molecule has 0 aliphatic carbocycles. The minimum Gasteiger partial charge on any atom is -0.504 e. The number of carbonyl (C=O) groups is 2. The highest BCUT2D eigenvalue weighted by Gasteiger charge is 2.23. The molecule has 1 aliphatic rings. The van der Waals surface area contributed by atoms with E-state index in [1.54, 1.807) is 22.3 Å². The predicted molar refractivity (Wildman–Crippen MR) is 108 cm³/mol. The van der Waals surface area contributed by atoms with E-state index in [1.807, 2.05) is 18.2 Å². The molecule has 3 N–H and O–H groups in total. The number of ether oxygens (including phenoxy) is 1. The van der Waals surface area contributed by atoms with Gasteiger partial charge in [0, 0.05) is 40.6 Å². The van der Waals surface area contributed by atoms with Crippen molar-refractivity contribution in [2.45, 2.75) is 19.4 Å². The summed E-state index contributed by atoms with van der Waals surface area (Å²) in [5.74, 6) is -0.173. The lowest BCUT2D eigenvalue weighted by Crippen LogP contribution is -2.33. The second-order valence-corrected chi connectivity index (χ2v) is 7.67. The molecule has 0 spiro atoms. The summed E-state index contributed by atoms with van der Waals surface area (Å²) in [7, 11) is 0. The van der Waals surface area contributed by atoms with Crippen LogP contribution in [0.5, 0.6) is 11.5 Å². The van der Waals surface area contributed by atoms with Crippen LogP contribution < -0.4 is 10.5 Å². The van der Waals surface area contributed by atoms with Crippen molar-refractivity contribution in [2.24, 2.45) is 5.73 Å². The minimum atomic E-state index is -0.496. The zero-order valence-corrected chi connectivity index (χ0v) is 16.0. The second kappa shape index (κ2) is 7.52. The first-order valence-electron chi connectivity index (χ1n) is 9.04. The molecule has 0 bridgehead atoms. The summed E-state index contributed by atoms with van der Waals surface area (Å²) in [6.45, 7) is 0.989. The molecule has 3 aromatic rings. The Bertz CT molecular complexity index is 1060. The van der Waals surface area contributed by atoms with Crippen molar-refractivity contribution < 1.29 is 19.4 Å². The van der Waals surface area contributed by atoms with Gasteiger partial charge in [0.25, 0.3) is 0 Å². The van der Waals surface area contributed by atoms with E-state index in [1.165, 1.54) is 4.70 Å². The third-order valence-electron chi connectivity index (χ3n) is 4.85. The summed E-state index contributed by atoms with van der Waals surface area (Å²) < 4.78 is 6.88. The van der Waals surface area contributed by atoms with Crippen molar-refractivity contribution >= 4 is 33.2 Å². The van der Waals surface area contributed by atoms with Crippen molar-refractivity contribution in [3.63, 3.8) is 0 Å². The molecule has 0 saturated heterocycles. The molecule has 144 valence electrons. The number of aromatic hydroxyl groups is 1. The normalized spacial score (nSPS) is 13.6. The van der Waals surface area contributed by atoms with Crippen molar-refractivity contribution in [1.82, 2.24) is 4.90 Å². The molecule has 7 heteroatoms. The van der Waals surface area contributed by atoms with Gasteiger partial charge in [-0.1, -0.05) is 18.2 Å². The fourth-order valence-corrected chi connectivity index (χ4v) is 4.43. The van der Waals surface area contributed by atoms with E-state index in [0.29, 0.717) is 18.8 Å². The number of carbonyl (C=O) groups excluding carboxylic acids is 2. The average molecular weight is 396 g/mol. The van der Waals surface area contributed by atoms with Crippen LogP contribution in [0.3, 0.4) is 0 Å². The Morgan fingerprint density at radius 1 is 1.21 bits per heavy atom. The number of hydrogen-bond acceptors (Lipinski definition) is 5. The predicted octanol–water partition coefficient (Wildman–Crippen LogP) is 3.26. The molecular formula is C21H20N2O4S. The lowest BCUT2D eigenvalue weighted by atomic mass is 10.0. The largest absolute Gasteiger partial charge is 0.504 e. The molecule has 6 nitrogen and oxygen atoms in total. The van der Waals surface area contributed by atoms with Crippen molar-refractivity contribution in [3.05, 3.63) is 47.3 Å². The van der Waals surface area contributed by atoms with Gasteiger partial charge < -0.3 is 20.5 Å². The maximum atomic E-state index is 12.4. The number of hydrogen-bond donors (Lipinski definition) is 2. The van der Waals surface area contributed by atoms with Crippen LogP contribution in [0.1, 0.15) is 18.4 Å². The van der Waals surface area contributed by atoms with Crippen molar-refractivity contribution in [1.29, 1.82) is 0 Å². The number of nitrogens with two attached hydrogens (primary N) is 1. The van der Waals surface area contributed by atoms with Crippen LogP contribution in [0, 0.1) is 0 Å². The molecule has 4 rings (SSSR count). The Hall–Kier alpha value is -3.06. The quantitative estimate of drug-likeness (QED) is 0.708. The number of fused-ring (bicyclic) bond motifs is 2. The van der Waals surface area contributed by atoms with Crippen LogP contribution in [0.15, 0.2) is 41.8 Å². The van der Waals surface area contributed by atoms with Gasteiger partial charge in [-0.2, -0.15) is 0 Å². The van der Waals surface area contributed by atoms with Gasteiger partial charge in [0.1, 0.15) is 6.61 Å². The van der Waals surface area contributed by atoms with Crippen LogP contribution in [-0.2, 0) is 16.1 Å². The molecule has 0 fully saturated rings. The van der Waals surface area contributed by atoms with Crippen LogP contribution in [0.25, 0.3) is 21.2 Å². The minimum absolute atomic E-state index is 0.0230. The Balaban J connectivity index is 1.68. The zero-order chi connectivity index (χ0) is 19.7. The molecule has 2 amide bonds. The molecular weight excluding hydrogens is 376 g/mol. The van der Waals surface area contributed by atoms with Gasteiger partial charge in [-0.15, -0.1) is 11.3 Å². The highest BCUT2D eigenvalue weighted by Crippen LogP contribution is 2.41. The molecule has 2 aromatic carbocycles. The SMILES string of the molecule is NC(=O)CCC(=O)N1CCOc2c(O)cc(-c3csc4ccccc34)cc2C1. The van der Waals surface area contributed by atoms with Crippen LogP contribution in [-0.4, -0.2) is 35.0 Å². The van der Waals surface area contributed by atoms with Gasteiger partial charge in [0.15, 0.2) is 11.5 Å². The first-order chi connectivity index (χ1) is 13.5. The van der Waals surface area contributed by atoms with E-state index in [9.17, 15) is 14.7 Å². The molecule has 0 radical (unpaired) electrons. The first-order valence-corrected chi connectivity index (χ1v) is 9.92. The molecule has 0 unspecified atom stereocenters. The summed E-state index contributed by atoms with van der Waals surface area (Å²) in [5.41, 5.74) is 7.81. The lowest BCUT2D eigenvalue weighted by Gasteiger charge is -2.19. The number of amides is 2. The Kier molecular flexibility index (Phi) is 4.92. The van der Waals surface area contributed by atoms with E-state index in [4.69, 9.17) is 10.5 Å².